The van der Waals surface area contributed by atoms with E-state index in [1.165, 1.54) is 0 Å². The van der Waals surface area contributed by atoms with Gasteiger partial charge in [0.2, 0.25) is 0 Å². The van der Waals surface area contributed by atoms with Gasteiger partial charge < -0.3 is 4.90 Å². The van der Waals surface area contributed by atoms with Gasteiger partial charge in [0.05, 0.1) is 5.70 Å². The molecule has 0 aromatic heterocycles. The standard InChI is InChI=1S/C15H17F2N/c16-15(17)11-13(12-7-3-1-4-8-12)14(15)18-9-5-2-6-10-18/h1,3-4,7-8H,2,5-6,9-11H2. The van der Waals surface area contributed by atoms with E-state index in [-0.39, 0.29) is 12.1 Å². The number of halogens is 2. The van der Waals surface area contributed by atoms with Crippen LogP contribution in [0.5, 0.6) is 0 Å². The highest BCUT2D eigenvalue weighted by Crippen LogP contribution is 2.50. The van der Waals surface area contributed by atoms with Crippen molar-refractivity contribution in [2.24, 2.45) is 0 Å². The second kappa shape index (κ2) is 4.38. The van der Waals surface area contributed by atoms with Crippen molar-refractivity contribution in [3.8, 4) is 0 Å². The predicted octanol–water partition coefficient (Wildman–Crippen LogP) is 3.92. The van der Waals surface area contributed by atoms with Gasteiger partial charge in [-0.15, -0.1) is 0 Å². The summed E-state index contributed by atoms with van der Waals surface area (Å²) in [5.74, 6) is -2.62. The highest BCUT2D eigenvalue weighted by Gasteiger charge is 2.49. The molecule has 18 heavy (non-hydrogen) atoms. The minimum absolute atomic E-state index is 0.108. The van der Waals surface area contributed by atoms with E-state index in [4.69, 9.17) is 0 Å². The Balaban J connectivity index is 1.95. The van der Waals surface area contributed by atoms with Crippen molar-refractivity contribution in [3.05, 3.63) is 41.6 Å². The molecule has 0 N–H and O–H groups in total. The van der Waals surface area contributed by atoms with Crippen LogP contribution in [-0.2, 0) is 0 Å². The van der Waals surface area contributed by atoms with Crippen molar-refractivity contribution in [2.45, 2.75) is 31.6 Å². The van der Waals surface area contributed by atoms with Gasteiger partial charge in [0, 0.05) is 19.5 Å². The number of hydrogen-bond acceptors (Lipinski definition) is 1. The van der Waals surface area contributed by atoms with Crippen LogP contribution in [0.2, 0.25) is 0 Å². The summed E-state index contributed by atoms with van der Waals surface area (Å²) in [7, 11) is 0. The fraction of sp³-hybridized carbons (Fsp3) is 0.467. The molecule has 1 aromatic rings. The summed E-state index contributed by atoms with van der Waals surface area (Å²) in [4.78, 5) is 1.90. The van der Waals surface area contributed by atoms with Crippen molar-refractivity contribution in [3.63, 3.8) is 0 Å². The van der Waals surface area contributed by atoms with Crippen LogP contribution in [0.3, 0.4) is 0 Å². The van der Waals surface area contributed by atoms with Gasteiger partial charge in [-0.25, -0.2) is 0 Å². The molecule has 0 saturated carbocycles. The summed E-state index contributed by atoms with van der Waals surface area (Å²) >= 11 is 0. The monoisotopic (exact) mass is 249 g/mol. The van der Waals surface area contributed by atoms with Gasteiger partial charge in [-0.1, -0.05) is 30.3 Å². The molecule has 1 nitrogen and oxygen atoms in total. The normalized spacial score (nSPS) is 22.9. The summed E-state index contributed by atoms with van der Waals surface area (Å²) in [6.07, 6.45) is 3.11. The summed E-state index contributed by atoms with van der Waals surface area (Å²) in [6, 6.07) is 9.59. The Morgan fingerprint density at radius 1 is 0.944 bits per heavy atom. The van der Waals surface area contributed by atoms with E-state index in [1.807, 2.05) is 35.2 Å². The van der Waals surface area contributed by atoms with Gasteiger partial charge in [0.15, 0.2) is 0 Å². The van der Waals surface area contributed by atoms with Crippen molar-refractivity contribution >= 4 is 5.57 Å². The molecule has 3 rings (SSSR count). The highest BCUT2D eigenvalue weighted by atomic mass is 19.3. The maximum Gasteiger partial charge on any atom is 0.291 e. The highest BCUT2D eigenvalue weighted by molar-refractivity contribution is 5.76. The van der Waals surface area contributed by atoms with Crippen molar-refractivity contribution in [2.75, 3.05) is 13.1 Å². The first-order valence-corrected chi connectivity index (χ1v) is 6.60. The van der Waals surface area contributed by atoms with E-state index in [0.29, 0.717) is 0 Å². The van der Waals surface area contributed by atoms with Gasteiger partial charge >= 0.3 is 0 Å². The third-order valence-corrected chi connectivity index (χ3v) is 3.83. The zero-order valence-electron chi connectivity index (χ0n) is 10.3. The topological polar surface area (TPSA) is 3.24 Å². The number of alkyl halides is 2. The summed E-state index contributed by atoms with van der Waals surface area (Å²) in [5, 5.41) is 0. The zero-order valence-corrected chi connectivity index (χ0v) is 10.3. The number of allylic oxidation sites excluding steroid dienone is 2. The molecule has 0 radical (unpaired) electrons. The second-order valence-electron chi connectivity index (χ2n) is 5.12. The first kappa shape index (κ1) is 11.7. The van der Waals surface area contributed by atoms with Crippen molar-refractivity contribution in [1.82, 2.24) is 4.90 Å². The molecule has 2 aliphatic rings. The van der Waals surface area contributed by atoms with Gasteiger partial charge in [-0.2, -0.15) is 8.78 Å². The molecule has 1 aromatic carbocycles. The molecule has 3 heteroatoms. The van der Waals surface area contributed by atoms with Gasteiger partial charge in [-0.05, 0) is 30.4 Å². The molecule has 1 heterocycles. The Labute approximate surface area is 106 Å². The third-order valence-electron chi connectivity index (χ3n) is 3.83. The number of hydrogen-bond donors (Lipinski definition) is 0. The number of nitrogens with zero attached hydrogens (tertiary/aromatic N) is 1. The Morgan fingerprint density at radius 3 is 2.22 bits per heavy atom. The molecule has 96 valence electrons. The SMILES string of the molecule is FC1(F)CC(c2ccccc2)=C1N1CCCCC1. The molecule has 1 saturated heterocycles. The summed E-state index contributed by atoms with van der Waals surface area (Å²) in [6.45, 7) is 1.56. The third kappa shape index (κ3) is 1.92. The second-order valence-corrected chi connectivity index (χ2v) is 5.12. The fourth-order valence-corrected chi connectivity index (χ4v) is 2.92. The molecule has 1 aliphatic carbocycles. The molecular formula is C15H17F2N. The predicted molar refractivity (Wildman–Crippen MR) is 68.4 cm³/mol. The number of rotatable bonds is 2. The molecule has 1 aliphatic heterocycles. The molecule has 0 bridgehead atoms. The lowest BCUT2D eigenvalue weighted by Gasteiger charge is -2.42. The van der Waals surface area contributed by atoms with Crippen molar-refractivity contribution < 1.29 is 8.78 Å². The fourth-order valence-electron chi connectivity index (χ4n) is 2.92. The van der Waals surface area contributed by atoms with Gasteiger partial charge in [0.1, 0.15) is 0 Å². The van der Waals surface area contributed by atoms with Crippen LogP contribution < -0.4 is 0 Å². The lowest BCUT2D eigenvalue weighted by molar-refractivity contribution is -0.00649. The number of likely N-dealkylation sites (tertiary alicyclic amines) is 1. The zero-order chi connectivity index (χ0) is 12.6. The van der Waals surface area contributed by atoms with Crippen LogP contribution in [0.25, 0.3) is 5.57 Å². The summed E-state index contributed by atoms with van der Waals surface area (Å²) < 4.78 is 27.6. The van der Waals surface area contributed by atoms with E-state index in [9.17, 15) is 8.78 Å². The first-order valence-electron chi connectivity index (χ1n) is 6.60. The Morgan fingerprint density at radius 2 is 1.61 bits per heavy atom. The minimum Gasteiger partial charge on any atom is -0.370 e. The molecule has 0 amide bonds. The summed E-state index contributed by atoms with van der Waals surface area (Å²) in [5.41, 5.74) is 2.07. The molecule has 0 unspecified atom stereocenters. The van der Waals surface area contributed by atoms with Crippen LogP contribution in [0, 0.1) is 0 Å². The van der Waals surface area contributed by atoms with Crippen LogP contribution in [0.15, 0.2) is 36.0 Å². The smallest absolute Gasteiger partial charge is 0.291 e. The Hall–Kier alpha value is -1.38. The average Bonchev–Trinajstić information content (AvgIpc) is 2.38. The molecule has 0 atom stereocenters. The number of piperidine rings is 1. The molecular weight excluding hydrogens is 232 g/mol. The maximum absolute atomic E-state index is 13.8. The van der Waals surface area contributed by atoms with Crippen LogP contribution >= 0.6 is 0 Å². The quantitative estimate of drug-likeness (QED) is 0.767. The minimum atomic E-state index is -2.62. The van der Waals surface area contributed by atoms with E-state index in [2.05, 4.69) is 0 Å². The lowest BCUT2D eigenvalue weighted by Crippen LogP contribution is -2.44. The van der Waals surface area contributed by atoms with Crippen molar-refractivity contribution in [1.29, 1.82) is 0 Å². The Bertz CT molecular complexity index is 459. The number of benzene rings is 1. The maximum atomic E-state index is 13.8. The van der Waals surface area contributed by atoms with E-state index in [1.54, 1.807) is 0 Å². The molecule has 1 fully saturated rings. The largest absolute Gasteiger partial charge is 0.370 e. The van der Waals surface area contributed by atoms with E-state index < -0.39 is 5.92 Å². The first-order chi connectivity index (χ1) is 8.68. The Kier molecular flexibility index (Phi) is 2.84. The van der Waals surface area contributed by atoms with Crippen LogP contribution in [0.1, 0.15) is 31.2 Å². The molecule has 0 spiro atoms. The van der Waals surface area contributed by atoms with Gasteiger partial charge in [0.25, 0.3) is 5.92 Å². The van der Waals surface area contributed by atoms with E-state index in [0.717, 1.165) is 43.5 Å². The average molecular weight is 249 g/mol. The lowest BCUT2D eigenvalue weighted by atomic mass is 9.83. The van der Waals surface area contributed by atoms with E-state index >= 15 is 0 Å². The van der Waals surface area contributed by atoms with Crippen LogP contribution in [-0.4, -0.2) is 23.9 Å². The van der Waals surface area contributed by atoms with Crippen LogP contribution in [0.4, 0.5) is 8.78 Å². The van der Waals surface area contributed by atoms with Gasteiger partial charge in [-0.3, -0.25) is 0 Å².